The predicted octanol–water partition coefficient (Wildman–Crippen LogP) is 4.40. The Morgan fingerprint density at radius 2 is 1.57 bits per heavy atom. The van der Waals surface area contributed by atoms with Crippen molar-refractivity contribution in [2.45, 2.75) is 69.5 Å². The zero-order valence-electron chi connectivity index (χ0n) is 18.6. The third-order valence-corrected chi connectivity index (χ3v) is 12.3. The second kappa shape index (κ2) is 7.45. The lowest BCUT2D eigenvalue weighted by atomic mass is 9.83. The van der Waals surface area contributed by atoms with Crippen LogP contribution in [0.4, 0.5) is 0 Å². The third kappa shape index (κ3) is 3.21. The standard InChI is InChI=1S/C26H34O3Si/c1-6-25-17-18-26(27,29-25)23(19-20(25)2)28-30(24(3,4)5,21-13-9-7-10-14-21)22-15-11-8-12-16-22/h6-16,20,23,27H,1,17-19H2,2-5H3/t20-,23+,25+,26-/m0/s1. The van der Waals surface area contributed by atoms with E-state index in [0.29, 0.717) is 6.42 Å². The molecule has 2 aromatic rings. The van der Waals surface area contributed by atoms with Gasteiger partial charge in [0.15, 0.2) is 5.79 Å². The number of benzene rings is 2. The largest absolute Gasteiger partial charge is 0.399 e. The van der Waals surface area contributed by atoms with E-state index >= 15 is 0 Å². The molecule has 0 radical (unpaired) electrons. The highest BCUT2D eigenvalue weighted by molar-refractivity contribution is 6.99. The summed E-state index contributed by atoms with van der Waals surface area (Å²) in [5.74, 6) is -1.03. The molecule has 2 saturated heterocycles. The molecule has 4 rings (SSSR count). The maximum Gasteiger partial charge on any atom is 0.261 e. The van der Waals surface area contributed by atoms with Crippen molar-refractivity contribution in [2.75, 3.05) is 0 Å². The molecule has 0 aliphatic carbocycles. The number of fused-ring (bicyclic) bond motifs is 2. The van der Waals surface area contributed by atoms with E-state index in [1.165, 1.54) is 10.4 Å². The van der Waals surface area contributed by atoms with Gasteiger partial charge in [-0.15, -0.1) is 6.58 Å². The van der Waals surface area contributed by atoms with Crippen LogP contribution < -0.4 is 10.4 Å². The fourth-order valence-electron chi connectivity index (χ4n) is 5.47. The maximum absolute atomic E-state index is 11.5. The van der Waals surface area contributed by atoms with Crippen LogP contribution in [-0.2, 0) is 9.16 Å². The topological polar surface area (TPSA) is 38.7 Å². The van der Waals surface area contributed by atoms with Crippen LogP contribution >= 0.6 is 0 Å². The molecule has 30 heavy (non-hydrogen) atoms. The van der Waals surface area contributed by atoms with E-state index in [1.54, 1.807) is 0 Å². The summed E-state index contributed by atoms with van der Waals surface area (Å²) in [4.78, 5) is 0. The van der Waals surface area contributed by atoms with E-state index in [9.17, 15) is 5.11 Å². The van der Waals surface area contributed by atoms with Crippen molar-refractivity contribution >= 4 is 18.7 Å². The van der Waals surface area contributed by atoms with Gasteiger partial charge in [-0.1, -0.05) is 94.4 Å². The fourth-order valence-corrected chi connectivity index (χ4v) is 10.2. The Morgan fingerprint density at radius 1 is 1.03 bits per heavy atom. The lowest BCUT2D eigenvalue weighted by molar-refractivity contribution is -0.291. The molecule has 2 heterocycles. The van der Waals surface area contributed by atoms with Crippen LogP contribution in [0.1, 0.15) is 47.0 Å². The number of rotatable bonds is 5. The van der Waals surface area contributed by atoms with Gasteiger partial charge >= 0.3 is 0 Å². The van der Waals surface area contributed by atoms with Crippen LogP contribution in [0.3, 0.4) is 0 Å². The van der Waals surface area contributed by atoms with Crippen molar-refractivity contribution in [1.29, 1.82) is 0 Å². The Bertz CT molecular complexity index is 852. The monoisotopic (exact) mass is 422 g/mol. The second-order valence-corrected chi connectivity index (χ2v) is 14.3. The van der Waals surface area contributed by atoms with Gasteiger partial charge in [0.2, 0.25) is 0 Å². The Balaban J connectivity index is 1.85. The summed E-state index contributed by atoms with van der Waals surface area (Å²) in [7, 11) is -2.75. The number of hydrogen-bond acceptors (Lipinski definition) is 3. The number of aliphatic hydroxyl groups is 1. The molecule has 0 spiro atoms. The van der Waals surface area contributed by atoms with E-state index < -0.39 is 19.7 Å². The smallest absolute Gasteiger partial charge is 0.261 e. The summed E-state index contributed by atoms with van der Waals surface area (Å²) in [5.41, 5.74) is -0.444. The van der Waals surface area contributed by atoms with Crippen LogP contribution in [-0.4, -0.2) is 30.9 Å². The average molecular weight is 423 g/mol. The first kappa shape index (κ1) is 21.5. The quantitative estimate of drug-likeness (QED) is 0.573. The van der Waals surface area contributed by atoms with Gasteiger partial charge in [0, 0.05) is 6.42 Å². The summed E-state index contributed by atoms with van der Waals surface area (Å²) in [6, 6.07) is 21.2. The Labute approximate surface area is 181 Å². The molecule has 0 saturated carbocycles. The van der Waals surface area contributed by atoms with Gasteiger partial charge in [0.1, 0.15) is 0 Å². The van der Waals surface area contributed by atoms with Gasteiger partial charge in [-0.05, 0) is 34.2 Å². The first-order chi connectivity index (χ1) is 14.2. The molecule has 0 amide bonds. The molecule has 1 N–H and O–H groups in total. The van der Waals surface area contributed by atoms with Crippen LogP contribution in [0.2, 0.25) is 5.04 Å². The predicted molar refractivity (Wildman–Crippen MR) is 124 cm³/mol. The highest BCUT2D eigenvalue weighted by atomic mass is 28.4. The summed E-state index contributed by atoms with van der Waals surface area (Å²) in [6.45, 7) is 13.0. The van der Waals surface area contributed by atoms with E-state index in [2.05, 4.69) is 82.8 Å². The van der Waals surface area contributed by atoms with E-state index in [0.717, 1.165) is 12.8 Å². The molecular weight excluding hydrogens is 388 g/mol. The molecule has 2 fully saturated rings. The van der Waals surface area contributed by atoms with Crippen LogP contribution in [0, 0.1) is 5.92 Å². The first-order valence-corrected chi connectivity index (χ1v) is 12.9. The molecule has 0 unspecified atom stereocenters. The third-order valence-electron chi connectivity index (χ3n) is 7.23. The van der Waals surface area contributed by atoms with Gasteiger partial charge < -0.3 is 14.3 Å². The van der Waals surface area contributed by atoms with E-state index in [4.69, 9.17) is 9.16 Å². The molecule has 4 heteroatoms. The zero-order chi connectivity index (χ0) is 21.6. The van der Waals surface area contributed by atoms with E-state index in [1.807, 2.05) is 18.2 Å². The number of hydrogen-bond donors (Lipinski definition) is 1. The van der Waals surface area contributed by atoms with Crippen molar-refractivity contribution in [1.82, 2.24) is 0 Å². The van der Waals surface area contributed by atoms with Crippen LogP contribution in [0.5, 0.6) is 0 Å². The minimum atomic E-state index is -2.75. The summed E-state index contributed by atoms with van der Waals surface area (Å²) < 4.78 is 13.5. The molecule has 2 aliphatic heterocycles. The van der Waals surface area contributed by atoms with Crippen LogP contribution in [0.15, 0.2) is 73.3 Å². The van der Waals surface area contributed by atoms with E-state index in [-0.39, 0.29) is 17.1 Å². The molecule has 160 valence electrons. The highest BCUT2D eigenvalue weighted by Gasteiger charge is 2.62. The summed E-state index contributed by atoms with van der Waals surface area (Å²) in [5, 5.41) is 13.8. The summed E-state index contributed by atoms with van der Waals surface area (Å²) >= 11 is 0. The Morgan fingerprint density at radius 3 is 2.03 bits per heavy atom. The minimum absolute atomic E-state index is 0.138. The van der Waals surface area contributed by atoms with Gasteiger partial charge in [0.05, 0.1) is 11.7 Å². The molecule has 4 atom stereocenters. The average Bonchev–Trinajstić information content (AvgIpc) is 3.06. The fraction of sp³-hybridized carbons (Fsp3) is 0.462. The maximum atomic E-state index is 11.5. The van der Waals surface area contributed by atoms with Crippen molar-refractivity contribution in [3.8, 4) is 0 Å². The molecule has 2 aromatic carbocycles. The molecule has 2 aliphatic rings. The van der Waals surface area contributed by atoms with Gasteiger partial charge in [0.25, 0.3) is 8.32 Å². The number of ether oxygens (including phenoxy) is 1. The molecule has 0 aromatic heterocycles. The Hall–Kier alpha value is -1.72. The SMILES string of the molecule is C=C[C@]12CC[C@](O)(O1)[C@H](O[Si](c1ccccc1)(c1ccccc1)C(C)(C)C)C[C@@H]2C. The lowest BCUT2D eigenvalue weighted by Gasteiger charge is -2.51. The van der Waals surface area contributed by atoms with Gasteiger partial charge in [-0.2, -0.15) is 0 Å². The first-order valence-electron chi connectivity index (χ1n) is 11.0. The van der Waals surface area contributed by atoms with Gasteiger partial charge in [-0.3, -0.25) is 0 Å². The highest BCUT2D eigenvalue weighted by Crippen LogP contribution is 2.53. The summed E-state index contributed by atoms with van der Waals surface area (Å²) in [6.07, 6.45) is 3.62. The van der Waals surface area contributed by atoms with Crippen molar-refractivity contribution in [3.05, 3.63) is 73.3 Å². The van der Waals surface area contributed by atoms with Crippen molar-refractivity contribution in [2.24, 2.45) is 5.92 Å². The van der Waals surface area contributed by atoms with Crippen molar-refractivity contribution in [3.63, 3.8) is 0 Å². The molecule has 3 nitrogen and oxygen atoms in total. The second-order valence-electron chi connectivity index (χ2n) is 10.0. The molecular formula is C26H34O3Si. The van der Waals surface area contributed by atoms with Gasteiger partial charge in [-0.25, -0.2) is 0 Å². The normalized spacial score (nSPS) is 31.5. The zero-order valence-corrected chi connectivity index (χ0v) is 19.6. The van der Waals surface area contributed by atoms with Crippen molar-refractivity contribution < 1.29 is 14.3 Å². The minimum Gasteiger partial charge on any atom is -0.399 e. The lowest BCUT2D eigenvalue weighted by Crippen LogP contribution is -2.70. The van der Waals surface area contributed by atoms with Crippen LogP contribution in [0.25, 0.3) is 0 Å². The molecule has 2 bridgehead atoms. The Kier molecular flexibility index (Phi) is 5.34.